The Hall–Kier alpha value is -2.43. The van der Waals surface area contributed by atoms with E-state index in [1.807, 2.05) is 36.4 Å². The molecule has 114 valence electrons. The molecule has 0 bridgehead atoms. The first-order valence-electron chi connectivity index (χ1n) is 7.60. The topological polar surface area (TPSA) is 67.9 Å². The molecule has 1 heterocycles. The smallest absolute Gasteiger partial charge is 0.341 e. The van der Waals surface area contributed by atoms with Gasteiger partial charge < -0.3 is 4.74 Å². The van der Waals surface area contributed by atoms with Gasteiger partial charge in [-0.1, -0.05) is 36.4 Å². The largest absolute Gasteiger partial charge is 0.462 e. The first-order valence-corrected chi connectivity index (χ1v) is 7.60. The van der Waals surface area contributed by atoms with Crippen LogP contribution in [0.15, 0.2) is 36.4 Å². The monoisotopic (exact) mass is 297 g/mol. The molecule has 0 amide bonds. The fraction of sp³-hybridized carbons (Fsp3) is 0.353. The van der Waals surface area contributed by atoms with Crippen LogP contribution >= 0.6 is 0 Å². The lowest BCUT2D eigenvalue weighted by Gasteiger charge is -2.03. The van der Waals surface area contributed by atoms with Gasteiger partial charge in [0.15, 0.2) is 5.82 Å². The van der Waals surface area contributed by atoms with Crippen molar-refractivity contribution in [3.05, 3.63) is 53.6 Å². The van der Waals surface area contributed by atoms with Gasteiger partial charge in [0.2, 0.25) is 0 Å². The maximum absolute atomic E-state index is 12.1. The SMILES string of the molecule is CCOC(=O)/C(=C\C1CC1)c1n[nH]c(Cc2ccccc2)n1. The summed E-state index contributed by atoms with van der Waals surface area (Å²) in [7, 11) is 0. The maximum atomic E-state index is 12.1. The van der Waals surface area contributed by atoms with Crippen LogP contribution in [0.25, 0.3) is 5.57 Å². The molecule has 0 aliphatic heterocycles. The Balaban J connectivity index is 1.79. The number of hydrogen-bond donors (Lipinski definition) is 1. The normalized spacial score (nSPS) is 14.9. The molecule has 0 spiro atoms. The minimum absolute atomic E-state index is 0.348. The van der Waals surface area contributed by atoms with Gasteiger partial charge in [-0.3, -0.25) is 5.10 Å². The number of nitrogens with one attached hydrogen (secondary N) is 1. The van der Waals surface area contributed by atoms with Crippen LogP contribution in [0.4, 0.5) is 0 Å². The third-order valence-electron chi connectivity index (χ3n) is 3.51. The highest BCUT2D eigenvalue weighted by molar-refractivity contribution is 6.15. The Kier molecular flexibility index (Phi) is 4.32. The molecule has 3 rings (SSSR count). The van der Waals surface area contributed by atoms with Crippen molar-refractivity contribution >= 4 is 11.5 Å². The molecule has 22 heavy (non-hydrogen) atoms. The van der Waals surface area contributed by atoms with Gasteiger partial charge in [-0.2, -0.15) is 5.10 Å². The Labute approximate surface area is 129 Å². The van der Waals surface area contributed by atoms with Crippen LogP contribution in [-0.2, 0) is 16.0 Å². The van der Waals surface area contributed by atoms with Crippen molar-refractivity contribution in [2.75, 3.05) is 6.61 Å². The molecule has 1 saturated carbocycles. The lowest BCUT2D eigenvalue weighted by Crippen LogP contribution is -2.08. The van der Waals surface area contributed by atoms with Gasteiger partial charge in [-0.05, 0) is 31.2 Å². The van der Waals surface area contributed by atoms with E-state index in [1.54, 1.807) is 6.92 Å². The predicted molar refractivity (Wildman–Crippen MR) is 83.0 cm³/mol. The summed E-state index contributed by atoms with van der Waals surface area (Å²) in [6.45, 7) is 2.15. The molecule has 1 aromatic heterocycles. The third-order valence-corrected chi connectivity index (χ3v) is 3.51. The number of benzene rings is 1. The van der Waals surface area contributed by atoms with Gasteiger partial charge in [0.05, 0.1) is 6.61 Å². The second-order valence-corrected chi connectivity index (χ2v) is 5.41. The van der Waals surface area contributed by atoms with Crippen LogP contribution in [0.1, 0.15) is 37.0 Å². The molecule has 1 fully saturated rings. The van der Waals surface area contributed by atoms with E-state index in [4.69, 9.17) is 4.74 Å². The average Bonchev–Trinajstić information content (AvgIpc) is 3.24. The van der Waals surface area contributed by atoms with E-state index in [0.717, 1.165) is 24.2 Å². The van der Waals surface area contributed by atoms with Crippen LogP contribution in [0.2, 0.25) is 0 Å². The molecule has 5 heteroatoms. The van der Waals surface area contributed by atoms with E-state index < -0.39 is 0 Å². The standard InChI is InChI=1S/C17H19N3O2/c1-2-22-17(21)14(10-13-8-9-13)16-18-15(19-20-16)11-12-6-4-3-5-7-12/h3-7,10,13H,2,8-9,11H2,1H3,(H,18,19,20)/b14-10-. The fourth-order valence-electron chi connectivity index (χ4n) is 2.23. The first kappa shape index (κ1) is 14.5. The summed E-state index contributed by atoms with van der Waals surface area (Å²) in [5.41, 5.74) is 1.62. The van der Waals surface area contributed by atoms with Gasteiger partial charge in [-0.15, -0.1) is 0 Å². The molecular weight excluding hydrogens is 278 g/mol. The fourth-order valence-corrected chi connectivity index (χ4v) is 2.23. The van der Waals surface area contributed by atoms with Crippen molar-refractivity contribution in [3.63, 3.8) is 0 Å². The molecule has 0 saturated heterocycles. The Morgan fingerprint density at radius 3 is 2.82 bits per heavy atom. The number of nitrogens with zero attached hydrogens (tertiary/aromatic N) is 2. The van der Waals surface area contributed by atoms with Crippen LogP contribution in [0.5, 0.6) is 0 Å². The maximum Gasteiger partial charge on any atom is 0.341 e. The summed E-state index contributed by atoms with van der Waals surface area (Å²) in [6.07, 6.45) is 4.83. The van der Waals surface area contributed by atoms with Crippen molar-refractivity contribution in [1.29, 1.82) is 0 Å². The quantitative estimate of drug-likeness (QED) is 0.657. The van der Waals surface area contributed by atoms with E-state index in [0.29, 0.717) is 30.3 Å². The van der Waals surface area contributed by atoms with Crippen molar-refractivity contribution in [1.82, 2.24) is 15.2 Å². The molecular formula is C17H19N3O2. The highest BCUT2D eigenvalue weighted by Crippen LogP contribution is 2.33. The summed E-state index contributed by atoms with van der Waals surface area (Å²) in [6, 6.07) is 10.0. The van der Waals surface area contributed by atoms with Crippen molar-refractivity contribution in [3.8, 4) is 0 Å². The molecule has 1 aliphatic rings. The molecule has 1 aliphatic carbocycles. The van der Waals surface area contributed by atoms with Gasteiger partial charge in [-0.25, -0.2) is 9.78 Å². The van der Waals surface area contributed by atoms with Gasteiger partial charge >= 0.3 is 5.97 Å². The van der Waals surface area contributed by atoms with Crippen LogP contribution in [0.3, 0.4) is 0 Å². The van der Waals surface area contributed by atoms with E-state index in [-0.39, 0.29) is 5.97 Å². The zero-order chi connectivity index (χ0) is 15.4. The second-order valence-electron chi connectivity index (χ2n) is 5.41. The average molecular weight is 297 g/mol. The number of hydrogen-bond acceptors (Lipinski definition) is 4. The second kappa shape index (κ2) is 6.56. The van der Waals surface area contributed by atoms with E-state index >= 15 is 0 Å². The molecule has 0 radical (unpaired) electrons. The number of aromatic amines is 1. The van der Waals surface area contributed by atoms with Gasteiger partial charge in [0.1, 0.15) is 11.4 Å². The molecule has 1 aromatic carbocycles. The lowest BCUT2D eigenvalue weighted by molar-refractivity contribution is -0.136. The number of aromatic nitrogens is 3. The first-order chi connectivity index (χ1) is 10.8. The van der Waals surface area contributed by atoms with Crippen molar-refractivity contribution in [2.24, 2.45) is 5.92 Å². The van der Waals surface area contributed by atoms with Crippen molar-refractivity contribution < 1.29 is 9.53 Å². The summed E-state index contributed by atoms with van der Waals surface area (Å²) in [5.74, 6) is 1.28. The lowest BCUT2D eigenvalue weighted by atomic mass is 10.1. The van der Waals surface area contributed by atoms with Crippen LogP contribution < -0.4 is 0 Å². The molecule has 0 unspecified atom stereocenters. The van der Waals surface area contributed by atoms with Crippen LogP contribution in [0, 0.1) is 5.92 Å². The number of ether oxygens (including phenoxy) is 1. The zero-order valence-electron chi connectivity index (χ0n) is 12.6. The number of allylic oxidation sites excluding steroid dienone is 1. The molecule has 2 aromatic rings. The highest BCUT2D eigenvalue weighted by atomic mass is 16.5. The number of carbonyl (C=O) groups excluding carboxylic acids is 1. The Bertz CT molecular complexity index is 672. The highest BCUT2D eigenvalue weighted by Gasteiger charge is 2.25. The van der Waals surface area contributed by atoms with E-state index in [2.05, 4.69) is 15.2 Å². The summed E-state index contributed by atoms with van der Waals surface area (Å²) >= 11 is 0. The third kappa shape index (κ3) is 3.61. The van der Waals surface area contributed by atoms with Crippen LogP contribution in [-0.4, -0.2) is 27.8 Å². The number of esters is 1. The van der Waals surface area contributed by atoms with Gasteiger partial charge in [0.25, 0.3) is 0 Å². The Morgan fingerprint density at radius 2 is 2.14 bits per heavy atom. The summed E-state index contributed by atoms with van der Waals surface area (Å²) in [5, 5.41) is 7.11. The minimum Gasteiger partial charge on any atom is -0.462 e. The number of H-pyrrole nitrogens is 1. The van der Waals surface area contributed by atoms with Crippen molar-refractivity contribution in [2.45, 2.75) is 26.2 Å². The molecule has 1 N–H and O–H groups in total. The minimum atomic E-state index is -0.348. The summed E-state index contributed by atoms with van der Waals surface area (Å²) in [4.78, 5) is 16.5. The van der Waals surface area contributed by atoms with E-state index in [1.165, 1.54) is 0 Å². The van der Waals surface area contributed by atoms with Gasteiger partial charge in [0, 0.05) is 6.42 Å². The summed E-state index contributed by atoms with van der Waals surface area (Å²) < 4.78 is 5.11. The molecule has 5 nitrogen and oxygen atoms in total. The number of rotatable bonds is 6. The Morgan fingerprint density at radius 1 is 1.36 bits per heavy atom. The predicted octanol–water partition coefficient (Wildman–Crippen LogP) is 2.75. The van der Waals surface area contributed by atoms with E-state index in [9.17, 15) is 4.79 Å². The zero-order valence-corrected chi connectivity index (χ0v) is 12.6. The molecule has 0 atom stereocenters. The number of carbonyl (C=O) groups is 1.